The van der Waals surface area contributed by atoms with Crippen molar-refractivity contribution in [1.29, 1.82) is 0 Å². The predicted molar refractivity (Wildman–Crippen MR) is 73.1 cm³/mol. The fraction of sp³-hybridized carbons (Fsp3) is 0.692. The molecule has 0 aliphatic carbocycles. The zero-order chi connectivity index (χ0) is 13.2. The molecular formula is C13H20N2O2S. The third kappa shape index (κ3) is 3.22. The van der Waals surface area contributed by atoms with Crippen LogP contribution in [0.3, 0.4) is 0 Å². The number of thiazole rings is 1. The second-order valence-corrected chi connectivity index (χ2v) is 6.28. The summed E-state index contributed by atoms with van der Waals surface area (Å²) in [7, 11) is 0. The van der Waals surface area contributed by atoms with Gasteiger partial charge in [-0.15, -0.1) is 11.3 Å². The SMILES string of the molecule is CCOC(=O)Cc1csc(N2CCC(C)(C)C2)n1. The van der Waals surface area contributed by atoms with Crippen LogP contribution < -0.4 is 4.90 Å². The summed E-state index contributed by atoms with van der Waals surface area (Å²) in [6.07, 6.45) is 1.47. The third-order valence-corrected chi connectivity index (χ3v) is 4.07. The summed E-state index contributed by atoms with van der Waals surface area (Å²) in [5.74, 6) is -0.198. The average molecular weight is 268 g/mol. The maximum atomic E-state index is 11.4. The Kier molecular flexibility index (Phi) is 3.90. The van der Waals surface area contributed by atoms with Crippen molar-refractivity contribution in [2.24, 2.45) is 5.41 Å². The highest BCUT2D eigenvalue weighted by Gasteiger charge is 2.30. The standard InChI is InChI=1S/C13H20N2O2S/c1-4-17-11(16)7-10-8-18-12(14-10)15-6-5-13(2,3)9-15/h8H,4-7,9H2,1-3H3. The summed E-state index contributed by atoms with van der Waals surface area (Å²) in [6, 6.07) is 0. The van der Waals surface area contributed by atoms with Crippen molar-refractivity contribution in [2.45, 2.75) is 33.6 Å². The van der Waals surface area contributed by atoms with Gasteiger partial charge in [0.05, 0.1) is 18.7 Å². The number of nitrogens with zero attached hydrogens (tertiary/aromatic N) is 2. The molecule has 4 nitrogen and oxygen atoms in total. The Bertz CT molecular complexity index is 428. The summed E-state index contributed by atoms with van der Waals surface area (Å²) in [4.78, 5) is 18.2. The van der Waals surface area contributed by atoms with Gasteiger partial charge in [-0.1, -0.05) is 13.8 Å². The van der Waals surface area contributed by atoms with Crippen LogP contribution in [-0.4, -0.2) is 30.6 Å². The first-order valence-corrected chi connectivity index (χ1v) is 7.23. The topological polar surface area (TPSA) is 42.4 Å². The Balaban J connectivity index is 1.96. The minimum Gasteiger partial charge on any atom is -0.466 e. The minimum atomic E-state index is -0.198. The number of carbonyl (C=O) groups is 1. The van der Waals surface area contributed by atoms with Crippen LogP contribution in [0.15, 0.2) is 5.38 Å². The van der Waals surface area contributed by atoms with Crippen LogP contribution in [0.1, 0.15) is 32.9 Å². The molecule has 100 valence electrons. The molecule has 0 saturated carbocycles. The molecule has 5 heteroatoms. The summed E-state index contributed by atoms with van der Waals surface area (Å²) in [6.45, 7) is 8.89. The maximum absolute atomic E-state index is 11.4. The van der Waals surface area contributed by atoms with Crippen LogP contribution in [0.4, 0.5) is 5.13 Å². The molecule has 0 unspecified atom stereocenters. The Morgan fingerprint density at radius 3 is 3.00 bits per heavy atom. The van der Waals surface area contributed by atoms with Gasteiger partial charge in [0.15, 0.2) is 5.13 Å². The molecule has 0 atom stereocenters. The van der Waals surface area contributed by atoms with E-state index < -0.39 is 0 Å². The first kappa shape index (κ1) is 13.3. The van der Waals surface area contributed by atoms with E-state index >= 15 is 0 Å². The molecule has 0 amide bonds. The van der Waals surface area contributed by atoms with Gasteiger partial charge in [-0.25, -0.2) is 4.98 Å². The van der Waals surface area contributed by atoms with Crippen LogP contribution in [0, 0.1) is 5.41 Å². The number of carbonyl (C=O) groups excluding carboxylic acids is 1. The number of hydrogen-bond donors (Lipinski definition) is 0. The molecular weight excluding hydrogens is 248 g/mol. The lowest BCUT2D eigenvalue weighted by Gasteiger charge is -2.18. The molecule has 0 N–H and O–H groups in total. The predicted octanol–water partition coefficient (Wildman–Crippen LogP) is 2.49. The summed E-state index contributed by atoms with van der Waals surface area (Å²) in [5, 5.41) is 2.98. The first-order chi connectivity index (χ1) is 8.50. The van der Waals surface area contributed by atoms with E-state index in [9.17, 15) is 4.79 Å². The van der Waals surface area contributed by atoms with Gasteiger partial charge in [0.2, 0.25) is 0 Å². The molecule has 1 aromatic heterocycles. The van der Waals surface area contributed by atoms with Crippen LogP contribution in [0.5, 0.6) is 0 Å². The zero-order valence-corrected chi connectivity index (χ0v) is 12.0. The average Bonchev–Trinajstić information content (AvgIpc) is 2.85. The van der Waals surface area contributed by atoms with Gasteiger partial charge in [0.25, 0.3) is 0 Å². The lowest BCUT2D eigenvalue weighted by atomic mass is 9.93. The van der Waals surface area contributed by atoms with Crippen LogP contribution in [0.2, 0.25) is 0 Å². The van der Waals surface area contributed by atoms with Crippen molar-refractivity contribution < 1.29 is 9.53 Å². The van der Waals surface area contributed by atoms with E-state index in [4.69, 9.17) is 4.74 Å². The number of ether oxygens (including phenoxy) is 1. The van der Waals surface area contributed by atoms with Gasteiger partial charge in [-0.3, -0.25) is 4.79 Å². The van der Waals surface area contributed by atoms with E-state index in [1.54, 1.807) is 11.3 Å². The highest BCUT2D eigenvalue weighted by atomic mass is 32.1. The lowest BCUT2D eigenvalue weighted by Crippen LogP contribution is -2.22. The fourth-order valence-electron chi connectivity index (χ4n) is 2.16. The second-order valence-electron chi connectivity index (χ2n) is 5.44. The van der Waals surface area contributed by atoms with Crippen molar-refractivity contribution in [2.75, 3.05) is 24.6 Å². The Labute approximate surface area is 112 Å². The van der Waals surface area contributed by atoms with Crippen LogP contribution in [0.25, 0.3) is 0 Å². The summed E-state index contributed by atoms with van der Waals surface area (Å²) in [5.41, 5.74) is 1.19. The number of hydrogen-bond acceptors (Lipinski definition) is 5. The van der Waals surface area contributed by atoms with E-state index in [2.05, 4.69) is 23.7 Å². The molecule has 0 radical (unpaired) electrons. The van der Waals surface area contributed by atoms with Crippen molar-refractivity contribution in [3.05, 3.63) is 11.1 Å². The van der Waals surface area contributed by atoms with E-state index in [1.807, 2.05) is 12.3 Å². The number of aromatic nitrogens is 1. The molecule has 1 aromatic rings. The highest BCUT2D eigenvalue weighted by molar-refractivity contribution is 7.13. The monoisotopic (exact) mass is 268 g/mol. The van der Waals surface area contributed by atoms with Crippen molar-refractivity contribution in [3.63, 3.8) is 0 Å². The van der Waals surface area contributed by atoms with Gasteiger partial charge < -0.3 is 9.64 Å². The minimum absolute atomic E-state index is 0.198. The molecule has 1 fully saturated rings. The summed E-state index contributed by atoms with van der Waals surface area (Å²) >= 11 is 1.61. The van der Waals surface area contributed by atoms with E-state index in [0.717, 1.165) is 23.9 Å². The van der Waals surface area contributed by atoms with E-state index in [1.165, 1.54) is 6.42 Å². The molecule has 2 rings (SSSR count). The smallest absolute Gasteiger partial charge is 0.311 e. The second kappa shape index (κ2) is 5.26. The molecule has 1 saturated heterocycles. The van der Waals surface area contributed by atoms with Gasteiger partial charge in [0, 0.05) is 18.5 Å². The molecule has 2 heterocycles. The van der Waals surface area contributed by atoms with Crippen molar-refractivity contribution in [3.8, 4) is 0 Å². The third-order valence-electron chi connectivity index (χ3n) is 3.12. The van der Waals surface area contributed by atoms with Gasteiger partial charge in [-0.2, -0.15) is 0 Å². The molecule has 1 aliphatic heterocycles. The number of anilines is 1. The normalized spacial score (nSPS) is 18.1. The molecule has 0 spiro atoms. The molecule has 0 aromatic carbocycles. The Hall–Kier alpha value is -1.10. The van der Waals surface area contributed by atoms with Crippen molar-refractivity contribution >= 4 is 22.4 Å². The number of esters is 1. The molecule has 1 aliphatic rings. The van der Waals surface area contributed by atoms with Gasteiger partial charge in [-0.05, 0) is 18.8 Å². The quantitative estimate of drug-likeness (QED) is 0.787. The van der Waals surface area contributed by atoms with Gasteiger partial charge in [0.1, 0.15) is 0 Å². The Morgan fingerprint density at radius 2 is 2.39 bits per heavy atom. The fourth-order valence-corrected chi connectivity index (χ4v) is 3.01. The largest absolute Gasteiger partial charge is 0.466 e. The zero-order valence-electron chi connectivity index (χ0n) is 11.2. The Morgan fingerprint density at radius 1 is 1.61 bits per heavy atom. The maximum Gasteiger partial charge on any atom is 0.311 e. The lowest BCUT2D eigenvalue weighted by molar-refractivity contribution is -0.142. The highest BCUT2D eigenvalue weighted by Crippen LogP contribution is 2.33. The molecule has 18 heavy (non-hydrogen) atoms. The first-order valence-electron chi connectivity index (χ1n) is 6.35. The van der Waals surface area contributed by atoms with Crippen LogP contribution >= 0.6 is 11.3 Å². The molecule has 0 bridgehead atoms. The van der Waals surface area contributed by atoms with Crippen molar-refractivity contribution in [1.82, 2.24) is 4.98 Å². The van der Waals surface area contributed by atoms with E-state index in [-0.39, 0.29) is 12.4 Å². The summed E-state index contributed by atoms with van der Waals surface area (Å²) < 4.78 is 4.93. The number of rotatable bonds is 4. The van der Waals surface area contributed by atoms with Crippen LogP contribution in [-0.2, 0) is 16.0 Å². The van der Waals surface area contributed by atoms with Gasteiger partial charge >= 0.3 is 5.97 Å². The van der Waals surface area contributed by atoms with E-state index in [0.29, 0.717) is 12.0 Å².